The van der Waals surface area contributed by atoms with Crippen molar-refractivity contribution in [3.8, 4) is 0 Å². The topological polar surface area (TPSA) is 50.8 Å². The fraction of sp³-hybridized carbons (Fsp3) is 0.938. The summed E-state index contributed by atoms with van der Waals surface area (Å²) in [6.07, 6.45) is 2.12. The van der Waals surface area contributed by atoms with Crippen LogP contribution in [0.3, 0.4) is 0 Å². The van der Waals surface area contributed by atoms with Gasteiger partial charge in [-0.3, -0.25) is 9.69 Å². The van der Waals surface area contributed by atoms with Crippen LogP contribution in [0, 0.1) is 0 Å². The van der Waals surface area contributed by atoms with Crippen LogP contribution in [0.25, 0.3) is 0 Å². The Morgan fingerprint density at radius 2 is 1.86 bits per heavy atom. The van der Waals surface area contributed by atoms with Gasteiger partial charge in [0.2, 0.25) is 0 Å². The molecule has 1 N–H and O–H groups in total. The molecule has 5 heteroatoms. The van der Waals surface area contributed by atoms with Gasteiger partial charge in [0.25, 0.3) is 0 Å². The van der Waals surface area contributed by atoms with Gasteiger partial charge in [0.05, 0.1) is 13.2 Å². The van der Waals surface area contributed by atoms with Crippen molar-refractivity contribution in [2.45, 2.75) is 59.0 Å². The molecule has 0 aliphatic heterocycles. The minimum atomic E-state index is -0.679. The second kappa shape index (κ2) is 11.0. The third-order valence-electron chi connectivity index (χ3n) is 3.85. The Labute approximate surface area is 130 Å². The summed E-state index contributed by atoms with van der Waals surface area (Å²) in [7, 11) is 1.71. The zero-order chi connectivity index (χ0) is 16.3. The summed E-state index contributed by atoms with van der Waals surface area (Å²) >= 11 is 0. The molecule has 1 unspecified atom stereocenters. The van der Waals surface area contributed by atoms with Crippen molar-refractivity contribution >= 4 is 5.97 Å². The molecule has 0 saturated heterocycles. The van der Waals surface area contributed by atoms with Crippen LogP contribution < -0.4 is 5.32 Å². The molecule has 1 atom stereocenters. The maximum Gasteiger partial charge on any atom is 0.327 e. The molecule has 0 aromatic rings. The smallest absolute Gasteiger partial charge is 0.327 e. The van der Waals surface area contributed by atoms with Crippen LogP contribution in [0.4, 0.5) is 0 Å². The van der Waals surface area contributed by atoms with Crippen molar-refractivity contribution < 1.29 is 14.3 Å². The Balaban J connectivity index is 5.04. The van der Waals surface area contributed by atoms with Gasteiger partial charge >= 0.3 is 5.97 Å². The number of carbonyl (C=O) groups excluding carboxylic acids is 1. The van der Waals surface area contributed by atoms with E-state index in [1.165, 1.54) is 0 Å². The molecule has 0 rings (SSSR count). The van der Waals surface area contributed by atoms with Gasteiger partial charge in [-0.1, -0.05) is 20.8 Å². The van der Waals surface area contributed by atoms with E-state index in [-0.39, 0.29) is 5.97 Å². The molecule has 0 saturated carbocycles. The van der Waals surface area contributed by atoms with Crippen LogP contribution >= 0.6 is 0 Å². The van der Waals surface area contributed by atoms with Crippen LogP contribution in [0.5, 0.6) is 0 Å². The van der Waals surface area contributed by atoms with E-state index in [9.17, 15) is 4.79 Å². The summed E-state index contributed by atoms with van der Waals surface area (Å²) in [6, 6.07) is 0.451. The molecule has 0 radical (unpaired) electrons. The van der Waals surface area contributed by atoms with Gasteiger partial charge in [-0.15, -0.1) is 0 Å². The minimum Gasteiger partial charge on any atom is -0.465 e. The largest absolute Gasteiger partial charge is 0.465 e. The van der Waals surface area contributed by atoms with E-state index in [0.29, 0.717) is 25.8 Å². The van der Waals surface area contributed by atoms with Gasteiger partial charge in [-0.05, 0) is 33.2 Å². The fourth-order valence-corrected chi connectivity index (χ4v) is 2.68. The summed E-state index contributed by atoms with van der Waals surface area (Å²) in [5.74, 6) is -0.180. The second-order valence-electron chi connectivity index (χ2n) is 5.52. The number of ether oxygens (including phenoxy) is 2. The van der Waals surface area contributed by atoms with Crippen molar-refractivity contribution in [3.63, 3.8) is 0 Å². The first-order valence-electron chi connectivity index (χ1n) is 8.14. The molecule has 0 aliphatic rings. The average Bonchev–Trinajstić information content (AvgIpc) is 2.46. The van der Waals surface area contributed by atoms with Crippen molar-refractivity contribution in [2.75, 3.05) is 40.0 Å². The van der Waals surface area contributed by atoms with Crippen molar-refractivity contribution in [3.05, 3.63) is 0 Å². The molecule has 0 bridgehead atoms. The van der Waals surface area contributed by atoms with E-state index >= 15 is 0 Å². The Kier molecular flexibility index (Phi) is 10.6. The van der Waals surface area contributed by atoms with Gasteiger partial charge in [-0.25, -0.2) is 0 Å². The molecule has 0 fully saturated rings. The lowest BCUT2D eigenvalue weighted by molar-refractivity contribution is -0.151. The number of hydrogen-bond donors (Lipinski definition) is 1. The lowest BCUT2D eigenvalue weighted by atomic mass is 9.99. The monoisotopic (exact) mass is 302 g/mol. The molecule has 0 aromatic carbocycles. The van der Waals surface area contributed by atoms with Gasteiger partial charge in [0, 0.05) is 26.2 Å². The molecule has 0 heterocycles. The molecular weight excluding hydrogens is 268 g/mol. The highest BCUT2D eigenvalue weighted by Gasteiger charge is 2.37. The number of nitrogens with one attached hydrogen (secondary N) is 1. The number of rotatable bonds is 12. The standard InChI is InChI=1S/C16H34N2O3/c1-7-14(8-2)18(11-12-20-6)13-16(5,17-9-3)15(19)21-10-4/h14,17H,7-13H2,1-6H3. The van der Waals surface area contributed by atoms with E-state index in [1.807, 2.05) is 20.8 Å². The zero-order valence-corrected chi connectivity index (χ0v) is 14.7. The quantitative estimate of drug-likeness (QED) is 0.559. The molecule has 0 amide bonds. The first-order chi connectivity index (χ1) is 9.98. The Morgan fingerprint density at radius 3 is 2.29 bits per heavy atom. The molecule has 126 valence electrons. The molecule has 21 heavy (non-hydrogen) atoms. The highest BCUT2D eigenvalue weighted by Crippen LogP contribution is 2.16. The summed E-state index contributed by atoms with van der Waals surface area (Å²) in [5, 5.41) is 3.30. The van der Waals surface area contributed by atoms with Gasteiger partial charge in [-0.2, -0.15) is 0 Å². The van der Waals surface area contributed by atoms with Crippen LogP contribution in [-0.4, -0.2) is 62.4 Å². The van der Waals surface area contributed by atoms with E-state index in [2.05, 4.69) is 24.1 Å². The molecular formula is C16H34N2O3. The predicted octanol–water partition coefficient (Wildman–Crippen LogP) is 2.05. The summed E-state index contributed by atoms with van der Waals surface area (Å²) in [5.41, 5.74) is -0.679. The lowest BCUT2D eigenvalue weighted by Crippen LogP contribution is -2.59. The number of nitrogens with zero attached hydrogens (tertiary/aromatic N) is 1. The van der Waals surface area contributed by atoms with Gasteiger partial charge in [0.15, 0.2) is 0 Å². The third-order valence-corrected chi connectivity index (χ3v) is 3.85. The first-order valence-corrected chi connectivity index (χ1v) is 8.14. The second-order valence-corrected chi connectivity index (χ2v) is 5.52. The molecule has 0 aromatic heterocycles. The highest BCUT2D eigenvalue weighted by molar-refractivity contribution is 5.80. The maximum atomic E-state index is 12.3. The maximum absolute atomic E-state index is 12.3. The predicted molar refractivity (Wildman–Crippen MR) is 86.5 cm³/mol. The number of hydrogen-bond acceptors (Lipinski definition) is 5. The van der Waals surface area contributed by atoms with Crippen molar-refractivity contribution in [1.29, 1.82) is 0 Å². The normalized spacial score (nSPS) is 14.5. The summed E-state index contributed by atoms with van der Waals surface area (Å²) in [4.78, 5) is 14.7. The first kappa shape index (κ1) is 20.3. The number of methoxy groups -OCH3 is 1. The van der Waals surface area contributed by atoms with E-state index < -0.39 is 5.54 Å². The van der Waals surface area contributed by atoms with Crippen LogP contribution in [0.2, 0.25) is 0 Å². The van der Waals surface area contributed by atoms with Crippen molar-refractivity contribution in [1.82, 2.24) is 10.2 Å². The number of esters is 1. The molecule has 0 aliphatic carbocycles. The Bertz CT molecular complexity index is 283. The Hall–Kier alpha value is -0.650. The molecule has 0 spiro atoms. The van der Waals surface area contributed by atoms with Gasteiger partial charge in [0.1, 0.15) is 5.54 Å². The summed E-state index contributed by atoms with van der Waals surface area (Å²) in [6.45, 7) is 13.4. The Morgan fingerprint density at radius 1 is 1.24 bits per heavy atom. The van der Waals surface area contributed by atoms with Crippen LogP contribution in [0.15, 0.2) is 0 Å². The fourth-order valence-electron chi connectivity index (χ4n) is 2.68. The highest BCUT2D eigenvalue weighted by atomic mass is 16.5. The SMILES string of the molecule is CCNC(C)(CN(CCOC)C(CC)CC)C(=O)OCC. The zero-order valence-electron chi connectivity index (χ0n) is 14.7. The van der Waals surface area contributed by atoms with Crippen molar-refractivity contribution in [2.24, 2.45) is 0 Å². The van der Waals surface area contributed by atoms with E-state index in [1.54, 1.807) is 7.11 Å². The van der Waals surface area contributed by atoms with Crippen LogP contribution in [0.1, 0.15) is 47.5 Å². The van der Waals surface area contributed by atoms with E-state index in [4.69, 9.17) is 9.47 Å². The molecule has 5 nitrogen and oxygen atoms in total. The average molecular weight is 302 g/mol. The number of likely N-dealkylation sites (N-methyl/N-ethyl adjacent to an activating group) is 1. The summed E-state index contributed by atoms with van der Waals surface area (Å²) < 4.78 is 10.5. The van der Waals surface area contributed by atoms with Gasteiger partial charge < -0.3 is 14.8 Å². The third kappa shape index (κ3) is 6.76. The van der Waals surface area contributed by atoms with E-state index in [0.717, 1.165) is 25.9 Å². The lowest BCUT2D eigenvalue weighted by Gasteiger charge is -2.38. The van der Waals surface area contributed by atoms with Crippen LogP contribution in [-0.2, 0) is 14.3 Å². The number of carbonyl (C=O) groups is 1. The minimum absolute atomic E-state index is 0.180.